The van der Waals surface area contributed by atoms with E-state index < -0.39 is 17.7 Å². The van der Waals surface area contributed by atoms with Crippen LogP contribution in [-0.4, -0.2) is 36.2 Å². The number of carbonyl (C=O) groups is 2. The first-order valence-corrected chi connectivity index (χ1v) is 7.85. The molecular weight excluding hydrogens is 308 g/mol. The molecule has 6 nitrogen and oxygen atoms in total. The van der Waals surface area contributed by atoms with Crippen LogP contribution in [-0.2, 0) is 20.7 Å². The highest BCUT2D eigenvalue weighted by Gasteiger charge is 2.35. The van der Waals surface area contributed by atoms with Crippen LogP contribution in [0.25, 0.3) is 0 Å². The molecule has 1 aliphatic carbocycles. The van der Waals surface area contributed by atoms with E-state index in [1.807, 2.05) is 6.07 Å². The Labute approximate surface area is 142 Å². The largest absolute Gasteiger partial charge is 0.468 e. The summed E-state index contributed by atoms with van der Waals surface area (Å²) in [7, 11) is 1.28. The molecule has 1 amide bonds. The molecule has 6 heteroatoms. The average molecular weight is 330 g/mol. The molecule has 0 fully saturated rings. The molecule has 1 aromatic carbocycles. The second-order valence-electron chi connectivity index (χ2n) is 6.72. The van der Waals surface area contributed by atoms with Gasteiger partial charge in [0.2, 0.25) is 0 Å². The van der Waals surface area contributed by atoms with Crippen molar-refractivity contribution in [3.05, 3.63) is 34.9 Å². The third-order valence-electron chi connectivity index (χ3n) is 3.89. The lowest BCUT2D eigenvalue weighted by Crippen LogP contribution is -2.41. The Morgan fingerprint density at radius 3 is 2.67 bits per heavy atom. The molecule has 1 aromatic rings. The van der Waals surface area contributed by atoms with E-state index in [-0.39, 0.29) is 12.6 Å². The molecule has 1 aliphatic rings. The number of esters is 1. The molecule has 2 rings (SSSR count). The summed E-state index contributed by atoms with van der Waals surface area (Å²) < 4.78 is 10.2. The lowest BCUT2D eigenvalue weighted by Gasteiger charge is -2.31. The van der Waals surface area contributed by atoms with E-state index in [0.29, 0.717) is 18.4 Å². The molecule has 1 unspecified atom stereocenters. The molecule has 0 aromatic heterocycles. The number of ether oxygens (including phenoxy) is 2. The number of amides is 1. The molecule has 0 spiro atoms. The number of rotatable bonds is 3. The van der Waals surface area contributed by atoms with Crippen molar-refractivity contribution in [2.75, 3.05) is 13.7 Å². The van der Waals surface area contributed by atoms with Gasteiger partial charge in [-0.25, -0.2) is 4.79 Å². The highest BCUT2D eigenvalue weighted by molar-refractivity contribution is 5.78. The predicted octanol–water partition coefficient (Wildman–Crippen LogP) is 2.96. The van der Waals surface area contributed by atoms with Gasteiger partial charge >= 0.3 is 12.1 Å². The molecule has 128 valence electrons. The van der Waals surface area contributed by atoms with Crippen LogP contribution in [0.5, 0.6) is 0 Å². The summed E-state index contributed by atoms with van der Waals surface area (Å²) >= 11 is 0. The zero-order valence-corrected chi connectivity index (χ0v) is 14.5. The SMILES string of the molecule is COC(=O)CN(C(=O)OC(C)(C)C)C1CCc2c(C#N)cccc21. The number of benzene rings is 1. The van der Waals surface area contributed by atoms with E-state index in [1.54, 1.807) is 32.9 Å². The van der Waals surface area contributed by atoms with Crippen LogP contribution in [0.1, 0.15) is 49.9 Å². The van der Waals surface area contributed by atoms with Gasteiger partial charge in [0, 0.05) is 0 Å². The normalized spacial score (nSPS) is 16.0. The molecule has 0 N–H and O–H groups in total. The first kappa shape index (κ1) is 17.8. The van der Waals surface area contributed by atoms with E-state index >= 15 is 0 Å². The summed E-state index contributed by atoms with van der Waals surface area (Å²) in [5, 5.41) is 9.24. The minimum atomic E-state index is -0.665. The standard InChI is InChI=1S/C18H22N2O4/c1-18(2,3)24-17(22)20(11-16(21)23-4)15-9-8-13-12(10-19)6-5-7-14(13)15/h5-7,15H,8-9,11H2,1-4H3. The van der Waals surface area contributed by atoms with Gasteiger partial charge < -0.3 is 9.47 Å². The van der Waals surface area contributed by atoms with Crippen LogP contribution < -0.4 is 0 Å². The number of hydrogen-bond donors (Lipinski definition) is 0. The van der Waals surface area contributed by atoms with Gasteiger partial charge in [0.1, 0.15) is 12.1 Å². The van der Waals surface area contributed by atoms with Crippen molar-refractivity contribution in [1.82, 2.24) is 4.90 Å². The molecule has 24 heavy (non-hydrogen) atoms. The quantitative estimate of drug-likeness (QED) is 0.796. The van der Waals surface area contributed by atoms with Crippen molar-refractivity contribution < 1.29 is 19.1 Å². The maximum Gasteiger partial charge on any atom is 0.411 e. The van der Waals surface area contributed by atoms with E-state index in [2.05, 4.69) is 6.07 Å². The van der Waals surface area contributed by atoms with Crippen molar-refractivity contribution in [2.24, 2.45) is 0 Å². The zero-order valence-electron chi connectivity index (χ0n) is 14.5. The van der Waals surface area contributed by atoms with Gasteiger partial charge in [0.25, 0.3) is 0 Å². The Morgan fingerprint density at radius 1 is 1.38 bits per heavy atom. The lowest BCUT2D eigenvalue weighted by molar-refractivity contribution is -0.142. The molecule has 0 saturated heterocycles. The van der Waals surface area contributed by atoms with Gasteiger partial charge in [-0.15, -0.1) is 0 Å². The fourth-order valence-corrected chi connectivity index (χ4v) is 2.89. The van der Waals surface area contributed by atoms with Gasteiger partial charge in [-0.05, 0) is 50.8 Å². The van der Waals surface area contributed by atoms with Crippen LogP contribution in [0.3, 0.4) is 0 Å². The van der Waals surface area contributed by atoms with Gasteiger partial charge in [-0.2, -0.15) is 5.26 Å². The third-order valence-corrected chi connectivity index (χ3v) is 3.89. The minimum absolute atomic E-state index is 0.188. The van der Waals surface area contributed by atoms with Crippen LogP contribution >= 0.6 is 0 Å². The van der Waals surface area contributed by atoms with Crippen LogP contribution in [0.4, 0.5) is 4.79 Å². The highest BCUT2D eigenvalue weighted by atomic mass is 16.6. The van der Waals surface area contributed by atoms with Crippen molar-refractivity contribution in [2.45, 2.75) is 45.3 Å². The number of fused-ring (bicyclic) bond motifs is 1. The van der Waals surface area contributed by atoms with Crippen LogP contribution in [0.2, 0.25) is 0 Å². The predicted molar refractivity (Wildman–Crippen MR) is 87.2 cm³/mol. The molecule has 1 atom stereocenters. The number of hydrogen-bond acceptors (Lipinski definition) is 5. The zero-order chi connectivity index (χ0) is 17.9. The van der Waals surface area contributed by atoms with Crippen molar-refractivity contribution in [1.29, 1.82) is 5.26 Å². The summed E-state index contributed by atoms with van der Waals surface area (Å²) in [6.07, 6.45) is 0.766. The summed E-state index contributed by atoms with van der Waals surface area (Å²) in [5.74, 6) is -0.509. The van der Waals surface area contributed by atoms with Crippen molar-refractivity contribution in [3.8, 4) is 6.07 Å². The topological polar surface area (TPSA) is 79.6 Å². The van der Waals surface area contributed by atoms with Gasteiger partial charge in [0.15, 0.2) is 0 Å². The Kier molecular flexibility index (Phi) is 5.13. The third kappa shape index (κ3) is 3.85. The monoisotopic (exact) mass is 330 g/mol. The number of nitriles is 1. The van der Waals surface area contributed by atoms with Gasteiger partial charge in [-0.3, -0.25) is 9.69 Å². The Balaban J connectivity index is 2.35. The summed E-state index contributed by atoms with van der Waals surface area (Å²) in [6, 6.07) is 7.32. The fraction of sp³-hybridized carbons (Fsp3) is 0.500. The Bertz CT molecular complexity index is 685. The molecule has 0 aliphatic heterocycles. The number of carbonyl (C=O) groups excluding carboxylic acids is 2. The summed E-state index contributed by atoms with van der Waals surface area (Å²) in [6.45, 7) is 5.14. The van der Waals surface area contributed by atoms with Gasteiger partial charge in [-0.1, -0.05) is 12.1 Å². The second kappa shape index (κ2) is 6.91. The molecule has 0 saturated carbocycles. The fourth-order valence-electron chi connectivity index (χ4n) is 2.89. The minimum Gasteiger partial charge on any atom is -0.468 e. The Hall–Kier alpha value is -2.55. The van der Waals surface area contributed by atoms with E-state index in [4.69, 9.17) is 9.47 Å². The number of nitrogens with zero attached hydrogens (tertiary/aromatic N) is 2. The lowest BCUT2D eigenvalue weighted by atomic mass is 10.0. The highest BCUT2D eigenvalue weighted by Crippen LogP contribution is 2.38. The summed E-state index contributed by atoms with van der Waals surface area (Å²) in [5.41, 5.74) is 1.77. The maximum atomic E-state index is 12.6. The maximum absolute atomic E-state index is 12.6. The first-order valence-electron chi connectivity index (χ1n) is 7.85. The van der Waals surface area contributed by atoms with E-state index in [1.165, 1.54) is 12.0 Å². The summed E-state index contributed by atoms with van der Waals surface area (Å²) in [4.78, 5) is 25.7. The smallest absolute Gasteiger partial charge is 0.411 e. The van der Waals surface area contributed by atoms with E-state index in [0.717, 1.165) is 11.1 Å². The first-order chi connectivity index (χ1) is 11.3. The van der Waals surface area contributed by atoms with Crippen molar-refractivity contribution >= 4 is 12.1 Å². The molecular formula is C18H22N2O4. The van der Waals surface area contributed by atoms with Crippen LogP contribution in [0, 0.1) is 11.3 Å². The van der Waals surface area contributed by atoms with Gasteiger partial charge in [0.05, 0.1) is 24.8 Å². The molecule has 0 radical (unpaired) electrons. The molecule has 0 bridgehead atoms. The molecule has 0 heterocycles. The van der Waals surface area contributed by atoms with Crippen molar-refractivity contribution in [3.63, 3.8) is 0 Å². The average Bonchev–Trinajstić information content (AvgIpc) is 2.94. The number of methoxy groups -OCH3 is 1. The second-order valence-corrected chi connectivity index (χ2v) is 6.72. The van der Waals surface area contributed by atoms with Crippen LogP contribution in [0.15, 0.2) is 18.2 Å². The van der Waals surface area contributed by atoms with E-state index in [9.17, 15) is 14.9 Å². The Morgan fingerprint density at radius 2 is 2.08 bits per heavy atom.